The predicted octanol–water partition coefficient (Wildman–Crippen LogP) is 3.19. The van der Waals surface area contributed by atoms with Crippen molar-refractivity contribution in [1.29, 1.82) is 0 Å². The molecule has 0 bridgehead atoms. The number of benzene rings is 1. The lowest BCUT2D eigenvalue weighted by Crippen LogP contribution is -1.94. The van der Waals surface area contributed by atoms with Crippen LogP contribution in [0.15, 0.2) is 18.2 Å². The summed E-state index contributed by atoms with van der Waals surface area (Å²) in [4.78, 5) is 10.9. The van der Waals surface area contributed by atoms with Gasteiger partial charge in [0.25, 0.3) is 5.24 Å². The second-order valence-electron chi connectivity index (χ2n) is 3.02. The van der Waals surface area contributed by atoms with Gasteiger partial charge in [-0.25, -0.2) is 0 Å². The minimum absolute atomic E-state index is 0.370. The van der Waals surface area contributed by atoms with Crippen molar-refractivity contribution in [2.75, 3.05) is 0 Å². The highest BCUT2D eigenvalue weighted by Gasteiger charge is 2.04. The van der Waals surface area contributed by atoms with Crippen molar-refractivity contribution in [2.24, 2.45) is 0 Å². The predicted molar refractivity (Wildman–Crippen MR) is 55.4 cm³/mol. The van der Waals surface area contributed by atoms with Crippen LogP contribution in [0.5, 0.6) is 0 Å². The van der Waals surface area contributed by atoms with E-state index in [1.807, 2.05) is 12.1 Å². The summed E-state index contributed by atoms with van der Waals surface area (Å²) in [5.41, 5.74) is 2.95. The van der Waals surface area contributed by atoms with Crippen LogP contribution in [-0.2, 0) is 12.8 Å². The fourth-order valence-corrected chi connectivity index (χ4v) is 1.39. The molecular formula is C11H13ClO. The molecule has 0 amide bonds. The first-order valence-electron chi connectivity index (χ1n) is 4.50. The fraction of sp³-hybridized carbons (Fsp3) is 0.364. The summed E-state index contributed by atoms with van der Waals surface area (Å²) >= 11 is 5.42. The zero-order chi connectivity index (χ0) is 9.84. The maximum atomic E-state index is 10.9. The van der Waals surface area contributed by atoms with Crippen molar-refractivity contribution in [3.63, 3.8) is 0 Å². The number of rotatable bonds is 3. The van der Waals surface area contributed by atoms with Gasteiger partial charge < -0.3 is 0 Å². The van der Waals surface area contributed by atoms with Gasteiger partial charge in [0.1, 0.15) is 0 Å². The smallest absolute Gasteiger partial charge is 0.252 e. The van der Waals surface area contributed by atoms with E-state index in [9.17, 15) is 4.79 Å². The SMILES string of the molecule is CCc1cc(CC)cc(C(=O)Cl)c1. The standard InChI is InChI=1S/C11H13ClO/c1-3-8-5-9(4-2)7-10(6-8)11(12)13/h5-7H,3-4H2,1-2H3. The molecule has 0 heterocycles. The topological polar surface area (TPSA) is 17.1 Å². The van der Waals surface area contributed by atoms with Gasteiger partial charge in [-0.1, -0.05) is 19.9 Å². The van der Waals surface area contributed by atoms with Gasteiger partial charge in [-0.3, -0.25) is 4.79 Å². The maximum Gasteiger partial charge on any atom is 0.252 e. The molecule has 0 atom stereocenters. The van der Waals surface area contributed by atoms with Gasteiger partial charge in [-0.15, -0.1) is 0 Å². The lowest BCUT2D eigenvalue weighted by molar-refractivity contribution is 0.108. The third-order valence-corrected chi connectivity index (χ3v) is 2.31. The van der Waals surface area contributed by atoms with Crippen LogP contribution in [-0.4, -0.2) is 5.24 Å². The van der Waals surface area contributed by atoms with E-state index in [-0.39, 0.29) is 5.24 Å². The van der Waals surface area contributed by atoms with Gasteiger partial charge in [0, 0.05) is 5.56 Å². The summed E-state index contributed by atoms with van der Waals surface area (Å²) in [7, 11) is 0. The average molecular weight is 197 g/mol. The van der Waals surface area contributed by atoms with Crippen LogP contribution in [0.4, 0.5) is 0 Å². The largest absolute Gasteiger partial charge is 0.276 e. The van der Waals surface area contributed by atoms with Crippen molar-refractivity contribution in [1.82, 2.24) is 0 Å². The molecule has 0 aromatic heterocycles. The second-order valence-corrected chi connectivity index (χ2v) is 3.36. The van der Waals surface area contributed by atoms with Gasteiger partial charge in [-0.05, 0) is 47.7 Å². The Bertz CT molecular complexity index is 296. The summed E-state index contributed by atoms with van der Waals surface area (Å²) in [5.74, 6) is 0. The quantitative estimate of drug-likeness (QED) is 0.679. The molecule has 1 aromatic rings. The molecule has 0 saturated carbocycles. The molecule has 0 saturated heterocycles. The van der Waals surface area contributed by atoms with Gasteiger partial charge in [0.2, 0.25) is 0 Å². The molecule has 0 fully saturated rings. The van der Waals surface area contributed by atoms with E-state index in [2.05, 4.69) is 19.9 Å². The molecule has 0 aliphatic heterocycles. The lowest BCUT2D eigenvalue weighted by Gasteiger charge is -2.03. The average Bonchev–Trinajstić information content (AvgIpc) is 2.16. The molecule has 2 heteroatoms. The number of hydrogen-bond acceptors (Lipinski definition) is 1. The zero-order valence-electron chi connectivity index (χ0n) is 7.93. The molecule has 1 aromatic carbocycles. The Morgan fingerprint density at radius 1 is 1.15 bits per heavy atom. The fourth-order valence-electron chi connectivity index (χ4n) is 1.28. The highest BCUT2D eigenvalue weighted by Crippen LogP contribution is 2.13. The highest BCUT2D eigenvalue weighted by molar-refractivity contribution is 6.67. The molecule has 0 unspecified atom stereocenters. The Morgan fingerprint density at radius 2 is 1.62 bits per heavy atom. The van der Waals surface area contributed by atoms with E-state index in [4.69, 9.17) is 11.6 Å². The van der Waals surface area contributed by atoms with Crippen molar-refractivity contribution in [3.05, 3.63) is 34.9 Å². The second kappa shape index (κ2) is 4.43. The molecule has 13 heavy (non-hydrogen) atoms. The van der Waals surface area contributed by atoms with Gasteiger partial charge in [0.05, 0.1) is 0 Å². The summed E-state index contributed by atoms with van der Waals surface area (Å²) in [6.07, 6.45) is 1.87. The van der Waals surface area contributed by atoms with Crippen LogP contribution in [0.3, 0.4) is 0 Å². The van der Waals surface area contributed by atoms with Gasteiger partial charge in [0.15, 0.2) is 0 Å². The van der Waals surface area contributed by atoms with Crippen molar-refractivity contribution in [3.8, 4) is 0 Å². The number of aryl methyl sites for hydroxylation is 2. The Balaban J connectivity index is 3.14. The summed E-state index contributed by atoms with van der Waals surface area (Å²) in [6, 6.07) is 5.83. The van der Waals surface area contributed by atoms with E-state index in [0.717, 1.165) is 12.8 Å². The highest BCUT2D eigenvalue weighted by atomic mass is 35.5. The van der Waals surface area contributed by atoms with E-state index < -0.39 is 0 Å². The zero-order valence-corrected chi connectivity index (χ0v) is 8.69. The first kappa shape index (κ1) is 10.3. The molecule has 1 nitrogen and oxygen atoms in total. The molecule has 0 radical (unpaired) electrons. The molecule has 70 valence electrons. The van der Waals surface area contributed by atoms with Crippen LogP contribution in [0.25, 0.3) is 0 Å². The summed E-state index contributed by atoms with van der Waals surface area (Å²) in [6.45, 7) is 4.13. The minimum atomic E-state index is -0.370. The molecule has 0 aliphatic carbocycles. The van der Waals surface area contributed by atoms with Crippen LogP contribution < -0.4 is 0 Å². The van der Waals surface area contributed by atoms with Crippen LogP contribution in [0.2, 0.25) is 0 Å². The Kier molecular flexibility index (Phi) is 3.49. The van der Waals surface area contributed by atoms with Gasteiger partial charge in [-0.2, -0.15) is 0 Å². The number of carbonyl (C=O) groups is 1. The molecular weight excluding hydrogens is 184 g/mol. The van der Waals surface area contributed by atoms with E-state index >= 15 is 0 Å². The monoisotopic (exact) mass is 196 g/mol. The van der Waals surface area contributed by atoms with Crippen LogP contribution >= 0.6 is 11.6 Å². The van der Waals surface area contributed by atoms with Crippen LogP contribution in [0, 0.1) is 0 Å². The van der Waals surface area contributed by atoms with Crippen molar-refractivity contribution >= 4 is 16.8 Å². The minimum Gasteiger partial charge on any atom is -0.276 e. The first-order valence-corrected chi connectivity index (χ1v) is 4.87. The van der Waals surface area contributed by atoms with E-state index in [1.54, 1.807) is 0 Å². The number of hydrogen-bond donors (Lipinski definition) is 0. The number of carbonyl (C=O) groups excluding carboxylic acids is 1. The molecule has 0 N–H and O–H groups in total. The van der Waals surface area contributed by atoms with Crippen molar-refractivity contribution < 1.29 is 4.79 Å². The normalized spacial score (nSPS) is 10.1. The Morgan fingerprint density at radius 3 is 1.92 bits per heavy atom. The first-order chi connectivity index (χ1) is 6.17. The third-order valence-electron chi connectivity index (χ3n) is 2.10. The van der Waals surface area contributed by atoms with E-state index in [0.29, 0.717) is 5.56 Å². The summed E-state index contributed by atoms with van der Waals surface area (Å²) in [5, 5.41) is -0.370. The Hall–Kier alpha value is -0.820. The maximum absolute atomic E-state index is 10.9. The Labute approximate surface area is 83.7 Å². The van der Waals surface area contributed by atoms with Crippen LogP contribution in [0.1, 0.15) is 35.3 Å². The third kappa shape index (κ3) is 2.56. The number of halogens is 1. The molecule has 0 spiro atoms. The summed E-state index contributed by atoms with van der Waals surface area (Å²) < 4.78 is 0. The molecule has 1 rings (SSSR count). The lowest BCUT2D eigenvalue weighted by atomic mass is 10.0. The van der Waals surface area contributed by atoms with Crippen molar-refractivity contribution in [2.45, 2.75) is 26.7 Å². The van der Waals surface area contributed by atoms with E-state index in [1.165, 1.54) is 11.1 Å². The van der Waals surface area contributed by atoms with Gasteiger partial charge >= 0.3 is 0 Å². The molecule has 0 aliphatic rings.